The van der Waals surface area contributed by atoms with Crippen LogP contribution in [0, 0.1) is 0 Å². The van der Waals surface area contributed by atoms with Gasteiger partial charge in [0.1, 0.15) is 11.9 Å². The lowest BCUT2D eigenvalue weighted by Crippen LogP contribution is -2.23. The summed E-state index contributed by atoms with van der Waals surface area (Å²) in [6.07, 6.45) is 4.72. The second-order valence-corrected chi connectivity index (χ2v) is 5.33. The van der Waals surface area contributed by atoms with Crippen molar-refractivity contribution in [1.29, 1.82) is 0 Å². The minimum Gasteiger partial charge on any atom is -0.485 e. The zero-order valence-corrected chi connectivity index (χ0v) is 11.3. The summed E-state index contributed by atoms with van der Waals surface area (Å²) in [5.74, 6) is 0.892. The Balaban J connectivity index is 1.88. The van der Waals surface area contributed by atoms with E-state index in [1.54, 1.807) is 0 Å². The van der Waals surface area contributed by atoms with Crippen LogP contribution >= 0.6 is 0 Å². The van der Waals surface area contributed by atoms with Gasteiger partial charge in [0.25, 0.3) is 0 Å². The van der Waals surface area contributed by atoms with Crippen LogP contribution in [0.5, 0.6) is 5.75 Å². The molecule has 2 aromatic rings. The van der Waals surface area contributed by atoms with Crippen molar-refractivity contribution in [3.8, 4) is 5.75 Å². The quantitative estimate of drug-likeness (QED) is 0.899. The van der Waals surface area contributed by atoms with E-state index in [2.05, 4.69) is 25.1 Å². The van der Waals surface area contributed by atoms with E-state index in [1.165, 1.54) is 0 Å². The van der Waals surface area contributed by atoms with E-state index in [0.717, 1.165) is 23.3 Å². The summed E-state index contributed by atoms with van der Waals surface area (Å²) in [7, 11) is 0. The summed E-state index contributed by atoms with van der Waals surface area (Å²) in [5, 5.41) is 4.37. The molecule has 0 bridgehead atoms. The molecule has 1 aliphatic rings. The minimum absolute atomic E-state index is 0.00241. The highest BCUT2D eigenvalue weighted by Gasteiger charge is 2.27. The van der Waals surface area contributed by atoms with Gasteiger partial charge in [-0.1, -0.05) is 18.2 Å². The average molecular weight is 257 g/mol. The summed E-state index contributed by atoms with van der Waals surface area (Å²) in [6.45, 7) is 4.22. The molecule has 2 heterocycles. The Morgan fingerprint density at radius 3 is 2.89 bits per heavy atom. The number of fused-ring (bicyclic) bond motifs is 1. The maximum Gasteiger partial charge on any atom is 0.129 e. The maximum atomic E-state index is 6.23. The lowest BCUT2D eigenvalue weighted by molar-refractivity contribution is 0.161. The molecule has 0 saturated carbocycles. The molecule has 1 aromatic heterocycles. The molecule has 4 heteroatoms. The molecule has 3 rings (SSSR count). The van der Waals surface area contributed by atoms with Crippen LogP contribution in [0.1, 0.15) is 49.6 Å². The molecule has 2 N–H and O–H groups in total. The first-order valence-electron chi connectivity index (χ1n) is 6.70. The number of ether oxygens (including phenoxy) is 1. The van der Waals surface area contributed by atoms with E-state index in [0.29, 0.717) is 6.04 Å². The van der Waals surface area contributed by atoms with Crippen LogP contribution in [0.15, 0.2) is 36.7 Å². The average Bonchev–Trinajstić information content (AvgIpc) is 2.88. The van der Waals surface area contributed by atoms with Gasteiger partial charge in [-0.15, -0.1) is 0 Å². The van der Waals surface area contributed by atoms with Gasteiger partial charge >= 0.3 is 0 Å². The second kappa shape index (κ2) is 4.70. The molecular weight excluding hydrogens is 238 g/mol. The third kappa shape index (κ3) is 2.24. The standard InChI is InChI=1S/C15H19N3O/c1-10(2)18-9-11(8-17-18)15-7-13(16)12-5-3-4-6-14(12)19-15/h3-6,8-10,13,15H,7,16H2,1-2H3/t13-,15?/m1/s1. The zero-order chi connectivity index (χ0) is 13.4. The number of aromatic nitrogens is 2. The summed E-state index contributed by atoms with van der Waals surface area (Å²) in [5.41, 5.74) is 8.42. The Morgan fingerprint density at radius 2 is 2.16 bits per heavy atom. The monoisotopic (exact) mass is 257 g/mol. The first-order valence-corrected chi connectivity index (χ1v) is 6.70. The van der Waals surface area contributed by atoms with Crippen molar-refractivity contribution in [3.63, 3.8) is 0 Å². The minimum atomic E-state index is -0.00241. The molecule has 2 atom stereocenters. The van der Waals surface area contributed by atoms with Gasteiger partial charge in [-0.25, -0.2) is 0 Å². The van der Waals surface area contributed by atoms with Gasteiger partial charge in [0.15, 0.2) is 0 Å². The number of hydrogen-bond donors (Lipinski definition) is 1. The molecule has 0 fully saturated rings. The number of nitrogens with zero attached hydrogens (tertiary/aromatic N) is 2. The number of hydrogen-bond acceptors (Lipinski definition) is 3. The van der Waals surface area contributed by atoms with Gasteiger partial charge in [-0.05, 0) is 19.9 Å². The number of para-hydroxylation sites is 1. The molecule has 0 saturated heterocycles. The van der Waals surface area contributed by atoms with Crippen molar-refractivity contribution in [2.24, 2.45) is 5.73 Å². The number of benzene rings is 1. The number of rotatable bonds is 2. The molecule has 0 aliphatic carbocycles. The van der Waals surface area contributed by atoms with Crippen LogP contribution < -0.4 is 10.5 Å². The van der Waals surface area contributed by atoms with Gasteiger partial charge in [0, 0.05) is 35.8 Å². The van der Waals surface area contributed by atoms with Crippen LogP contribution in [-0.4, -0.2) is 9.78 Å². The van der Waals surface area contributed by atoms with Gasteiger partial charge in [0.05, 0.1) is 6.20 Å². The molecule has 1 aliphatic heterocycles. The van der Waals surface area contributed by atoms with Crippen LogP contribution in [-0.2, 0) is 0 Å². The number of nitrogens with two attached hydrogens (primary N) is 1. The molecule has 0 spiro atoms. The summed E-state index contributed by atoms with van der Waals surface area (Å²) in [6, 6.07) is 8.38. The molecule has 1 aromatic carbocycles. The van der Waals surface area contributed by atoms with E-state index in [9.17, 15) is 0 Å². The normalized spacial score (nSPS) is 22.1. The molecule has 0 radical (unpaired) electrons. The van der Waals surface area contributed by atoms with Crippen molar-refractivity contribution in [1.82, 2.24) is 9.78 Å². The van der Waals surface area contributed by atoms with Gasteiger partial charge < -0.3 is 10.5 Å². The van der Waals surface area contributed by atoms with E-state index in [1.807, 2.05) is 35.1 Å². The first-order chi connectivity index (χ1) is 9.15. The lowest BCUT2D eigenvalue weighted by atomic mass is 9.95. The summed E-state index contributed by atoms with van der Waals surface area (Å²) < 4.78 is 8.00. The highest BCUT2D eigenvalue weighted by Crippen LogP contribution is 2.39. The van der Waals surface area contributed by atoms with Crippen LogP contribution in [0.4, 0.5) is 0 Å². The Hall–Kier alpha value is -1.81. The molecule has 0 amide bonds. The van der Waals surface area contributed by atoms with E-state index in [-0.39, 0.29) is 12.1 Å². The molecule has 4 nitrogen and oxygen atoms in total. The van der Waals surface area contributed by atoms with Gasteiger partial charge in [0.2, 0.25) is 0 Å². The predicted octanol–water partition coefficient (Wildman–Crippen LogP) is 2.99. The summed E-state index contributed by atoms with van der Waals surface area (Å²) in [4.78, 5) is 0. The predicted molar refractivity (Wildman–Crippen MR) is 74.0 cm³/mol. The fraction of sp³-hybridized carbons (Fsp3) is 0.400. The Labute approximate surface area is 113 Å². The largest absolute Gasteiger partial charge is 0.485 e. The van der Waals surface area contributed by atoms with Crippen molar-refractivity contribution in [2.75, 3.05) is 0 Å². The smallest absolute Gasteiger partial charge is 0.129 e. The van der Waals surface area contributed by atoms with Gasteiger partial charge in [-0.3, -0.25) is 4.68 Å². The Kier molecular flexibility index (Phi) is 3.03. The lowest BCUT2D eigenvalue weighted by Gasteiger charge is -2.29. The van der Waals surface area contributed by atoms with Crippen molar-refractivity contribution in [3.05, 3.63) is 47.8 Å². The van der Waals surface area contributed by atoms with Crippen molar-refractivity contribution >= 4 is 0 Å². The third-order valence-electron chi connectivity index (χ3n) is 3.58. The van der Waals surface area contributed by atoms with Gasteiger partial charge in [-0.2, -0.15) is 5.10 Å². The van der Waals surface area contributed by atoms with E-state index < -0.39 is 0 Å². The van der Waals surface area contributed by atoms with E-state index in [4.69, 9.17) is 10.5 Å². The highest BCUT2D eigenvalue weighted by atomic mass is 16.5. The fourth-order valence-corrected chi connectivity index (χ4v) is 2.46. The van der Waals surface area contributed by atoms with Crippen LogP contribution in [0.3, 0.4) is 0 Å². The molecule has 100 valence electrons. The topological polar surface area (TPSA) is 53.1 Å². The molecule has 1 unspecified atom stereocenters. The van der Waals surface area contributed by atoms with Crippen LogP contribution in [0.2, 0.25) is 0 Å². The fourth-order valence-electron chi connectivity index (χ4n) is 2.46. The second-order valence-electron chi connectivity index (χ2n) is 5.33. The SMILES string of the molecule is CC(C)n1cc(C2C[C@@H](N)c3ccccc3O2)cn1. The zero-order valence-electron chi connectivity index (χ0n) is 11.3. The molecule has 19 heavy (non-hydrogen) atoms. The third-order valence-corrected chi connectivity index (χ3v) is 3.58. The highest BCUT2D eigenvalue weighted by molar-refractivity contribution is 5.38. The van der Waals surface area contributed by atoms with Crippen molar-refractivity contribution in [2.45, 2.75) is 38.5 Å². The van der Waals surface area contributed by atoms with Crippen LogP contribution in [0.25, 0.3) is 0 Å². The summed E-state index contributed by atoms with van der Waals surface area (Å²) >= 11 is 0. The van der Waals surface area contributed by atoms with E-state index >= 15 is 0 Å². The molecular formula is C15H19N3O. The first kappa shape index (κ1) is 12.2. The Bertz CT molecular complexity index is 576. The maximum absolute atomic E-state index is 6.23. The van der Waals surface area contributed by atoms with Crippen molar-refractivity contribution < 1.29 is 4.74 Å². The Morgan fingerprint density at radius 1 is 1.37 bits per heavy atom.